The van der Waals surface area contributed by atoms with Gasteiger partial charge in [-0.25, -0.2) is 0 Å². The van der Waals surface area contributed by atoms with Crippen LogP contribution in [-0.4, -0.2) is 36.8 Å². The summed E-state index contributed by atoms with van der Waals surface area (Å²) in [6.07, 6.45) is 12.6. The second-order valence-electron chi connectivity index (χ2n) is 6.22. The van der Waals surface area contributed by atoms with Crippen molar-refractivity contribution < 1.29 is 9.90 Å². The van der Waals surface area contributed by atoms with Crippen molar-refractivity contribution in [2.75, 3.05) is 19.7 Å². The molecule has 0 fully saturated rings. The molecule has 1 amide bonds. The molecule has 4 heteroatoms. The summed E-state index contributed by atoms with van der Waals surface area (Å²) in [5, 5.41) is 15.6. The minimum Gasteiger partial charge on any atom is -0.395 e. The molecule has 0 bridgehead atoms. The Morgan fingerprint density at radius 2 is 1.41 bits per heavy atom. The van der Waals surface area contributed by atoms with E-state index in [0.717, 1.165) is 25.9 Å². The number of nitrogens with one attached hydrogen (secondary N) is 2. The van der Waals surface area contributed by atoms with Crippen LogP contribution in [0.3, 0.4) is 0 Å². The molecular weight excluding hydrogens is 276 g/mol. The van der Waals surface area contributed by atoms with Gasteiger partial charge < -0.3 is 15.7 Å². The lowest BCUT2D eigenvalue weighted by Crippen LogP contribution is -2.38. The van der Waals surface area contributed by atoms with E-state index in [1.54, 1.807) is 0 Å². The molecule has 22 heavy (non-hydrogen) atoms. The first kappa shape index (κ1) is 21.4. The van der Waals surface area contributed by atoms with Gasteiger partial charge >= 0.3 is 0 Å². The molecule has 0 saturated carbocycles. The zero-order valence-corrected chi connectivity index (χ0v) is 14.8. The van der Waals surface area contributed by atoms with Crippen molar-refractivity contribution in [3.63, 3.8) is 0 Å². The van der Waals surface area contributed by atoms with Crippen LogP contribution < -0.4 is 10.6 Å². The summed E-state index contributed by atoms with van der Waals surface area (Å²) in [5.74, 6) is 0.0491. The molecule has 0 aliphatic carbocycles. The first-order valence-corrected chi connectivity index (χ1v) is 9.35. The first-order valence-electron chi connectivity index (χ1n) is 9.35. The van der Waals surface area contributed by atoms with Crippen molar-refractivity contribution in [2.24, 2.45) is 0 Å². The second kappa shape index (κ2) is 16.8. The zero-order valence-electron chi connectivity index (χ0n) is 14.8. The van der Waals surface area contributed by atoms with Crippen LogP contribution in [-0.2, 0) is 4.79 Å². The van der Waals surface area contributed by atoms with Gasteiger partial charge in [-0.3, -0.25) is 4.79 Å². The van der Waals surface area contributed by atoms with E-state index in [1.807, 2.05) is 0 Å². The number of aliphatic hydroxyl groups excluding tert-OH is 1. The Kier molecular flexibility index (Phi) is 16.3. The molecule has 0 rings (SSSR count). The van der Waals surface area contributed by atoms with Crippen molar-refractivity contribution >= 4 is 5.91 Å². The Hall–Kier alpha value is -0.610. The Labute approximate surface area is 137 Å². The quantitative estimate of drug-likeness (QED) is 0.383. The van der Waals surface area contributed by atoms with Crippen molar-refractivity contribution in [3.8, 4) is 0 Å². The summed E-state index contributed by atoms with van der Waals surface area (Å²) in [6, 6.07) is -0.105. The molecule has 0 spiro atoms. The van der Waals surface area contributed by atoms with Gasteiger partial charge in [-0.05, 0) is 19.4 Å². The van der Waals surface area contributed by atoms with E-state index < -0.39 is 0 Å². The maximum Gasteiger partial charge on any atom is 0.221 e. The Morgan fingerprint density at radius 1 is 0.864 bits per heavy atom. The molecule has 1 unspecified atom stereocenters. The maximum atomic E-state index is 11.8. The fourth-order valence-corrected chi connectivity index (χ4v) is 2.49. The van der Waals surface area contributed by atoms with Crippen molar-refractivity contribution in [1.29, 1.82) is 0 Å². The summed E-state index contributed by atoms with van der Waals surface area (Å²) in [4.78, 5) is 11.8. The van der Waals surface area contributed by atoms with Gasteiger partial charge in [-0.15, -0.1) is 0 Å². The van der Waals surface area contributed by atoms with Gasteiger partial charge in [0.05, 0.1) is 6.61 Å². The maximum absolute atomic E-state index is 11.8. The zero-order chi connectivity index (χ0) is 16.5. The number of unbranched alkanes of at least 4 members (excludes halogenated alkanes) is 8. The number of hydrogen-bond donors (Lipinski definition) is 3. The molecule has 0 saturated heterocycles. The van der Waals surface area contributed by atoms with Crippen molar-refractivity contribution in [1.82, 2.24) is 10.6 Å². The highest BCUT2D eigenvalue weighted by Crippen LogP contribution is 2.03. The fourth-order valence-electron chi connectivity index (χ4n) is 2.49. The highest BCUT2D eigenvalue weighted by molar-refractivity contribution is 5.76. The van der Waals surface area contributed by atoms with E-state index >= 15 is 0 Å². The Bertz CT molecular complexity index is 247. The van der Waals surface area contributed by atoms with Crippen molar-refractivity contribution in [2.45, 2.75) is 90.5 Å². The van der Waals surface area contributed by atoms with Gasteiger partial charge in [0.2, 0.25) is 5.91 Å². The molecule has 0 aromatic rings. The fraction of sp³-hybridized carbons (Fsp3) is 0.944. The molecule has 0 aliphatic rings. The van der Waals surface area contributed by atoms with Gasteiger partial charge in [-0.1, -0.05) is 65.2 Å². The number of aliphatic hydroxyl groups is 1. The van der Waals surface area contributed by atoms with E-state index in [4.69, 9.17) is 0 Å². The third kappa shape index (κ3) is 14.3. The largest absolute Gasteiger partial charge is 0.395 e. The molecular formula is C18H38N2O2. The van der Waals surface area contributed by atoms with E-state index in [-0.39, 0.29) is 18.6 Å². The molecule has 0 heterocycles. The third-order valence-corrected chi connectivity index (χ3v) is 3.97. The van der Waals surface area contributed by atoms with Crippen LogP contribution in [0.1, 0.15) is 84.5 Å². The van der Waals surface area contributed by atoms with E-state index in [2.05, 4.69) is 24.5 Å². The smallest absolute Gasteiger partial charge is 0.221 e. The molecule has 4 nitrogen and oxygen atoms in total. The molecule has 0 radical (unpaired) electrons. The lowest BCUT2D eigenvalue weighted by molar-refractivity contribution is -0.121. The standard InChI is InChI=1S/C18H38N2O2/c1-3-5-7-9-11-13-19-17(16-21)15-18(22)20-14-12-10-8-6-4-2/h17,19,21H,3-16H2,1-2H3,(H,20,22). The SMILES string of the molecule is CCCCCCCNC(=O)CC(CO)NCCCCCCC. The summed E-state index contributed by atoms with van der Waals surface area (Å²) in [7, 11) is 0. The normalized spacial score (nSPS) is 12.3. The summed E-state index contributed by atoms with van der Waals surface area (Å²) in [5.41, 5.74) is 0. The van der Waals surface area contributed by atoms with Crippen LogP contribution in [0, 0.1) is 0 Å². The summed E-state index contributed by atoms with van der Waals surface area (Å²) >= 11 is 0. The van der Waals surface area contributed by atoms with Gasteiger partial charge in [0.25, 0.3) is 0 Å². The van der Waals surface area contributed by atoms with Gasteiger partial charge in [0, 0.05) is 19.0 Å². The number of rotatable bonds is 16. The van der Waals surface area contributed by atoms with E-state index in [1.165, 1.54) is 51.4 Å². The molecule has 132 valence electrons. The second-order valence-corrected chi connectivity index (χ2v) is 6.22. The number of hydrogen-bond acceptors (Lipinski definition) is 3. The Morgan fingerprint density at radius 3 is 1.95 bits per heavy atom. The number of carbonyl (C=O) groups excluding carboxylic acids is 1. The monoisotopic (exact) mass is 314 g/mol. The van der Waals surface area contributed by atoms with Crippen LogP contribution in [0.5, 0.6) is 0 Å². The van der Waals surface area contributed by atoms with E-state index in [9.17, 15) is 9.90 Å². The summed E-state index contributed by atoms with van der Waals surface area (Å²) in [6.45, 7) is 6.09. The summed E-state index contributed by atoms with van der Waals surface area (Å²) < 4.78 is 0. The van der Waals surface area contributed by atoms with Crippen LogP contribution in [0.2, 0.25) is 0 Å². The van der Waals surface area contributed by atoms with Crippen LogP contribution >= 0.6 is 0 Å². The molecule has 0 aliphatic heterocycles. The predicted molar refractivity (Wildman–Crippen MR) is 94.0 cm³/mol. The van der Waals surface area contributed by atoms with Crippen LogP contribution in [0.25, 0.3) is 0 Å². The van der Waals surface area contributed by atoms with Gasteiger partial charge in [0.15, 0.2) is 0 Å². The van der Waals surface area contributed by atoms with Crippen molar-refractivity contribution in [3.05, 3.63) is 0 Å². The van der Waals surface area contributed by atoms with E-state index in [0.29, 0.717) is 6.42 Å². The molecule has 1 atom stereocenters. The predicted octanol–water partition coefficient (Wildman–Crippen LogP) is 3.38. The van der Waals surface area contributed by atoms with Crippen LogP contribution in [0.15, 0.2) is 0 Å². The minimum absolute atomic E-state index is 0.0267. The van der Waals surface area contributed by atoms with Gasteiger partial charge in [-0.2, -0.15) is 0 Å². The molecule has 0 aromatic heterocycles. The highest BCUT2D eigenvalue weighted by Gasteiger charge is 2.11. The van der Waals surface area contributed by atoms with Crippen LogP contribution in [0.4, 0.5) is 0 Å². The third-order valence-electron chi connectivity index (χ3n) is 3.97. The minimum atomic E-state index is -0.105. The van der Waals surface area contributed by atoms with Gasteiger partial charge in [0.1, 0.15) is 0 Å². The lowest BCUT2D eigenvalue weighted by Gasteiger charge is -2.16. The average molecular weight is 315 g/mol. The molecule has 3 N–H and O–H groups in total. The Balaban J connectivity index is 3.54. The highest BCUT2D eigenvalue weighted by atomic mass is 16.3. The first-order chi connectivity index (χ1) is 10.7. The average Bonchev–Trinajstić information content (AvgIpc) is 2.52. The number of carbonyl (C=O) groups is 1. The lowest BCUT2D eigenvalue weighted by atomic mass is 10.1. The topological polar surface area (TPSA) is 61.4 Å². The number of amides is 1. The molecule has 0 aromatic carbocycles.